The quantitative estimate of drug-likeness (QED) is 0.640. The molecule has 0 saturated carbocycles. The van der Waals surface area contributed by atoms with Gasteiger partial charge in [-0.05, 0) is 29.1 Å². The zero-order valence-electron chi connectivity index (χ0n) is 17.1. The maximum absolute atomic E-state index is 7.13. The van der Waals surface area contributed by atoms with E-state index in [2.05, 4.69) is 62.3 Å². The molecule has 0 aromatic heterocycles. The van der Waals surface area contributed by atoms with Crippen LogP contribution in [-0.2, 0) is 17.7 Å². The van der Waals surface area contributed by atoms with Crippen LogP contribution in [0.3, 0.4) is 0 Å². The van der Waals surface area contributed by atoms with Crippen LogP contribution in [0.2, 0.25) is 22.2 Å². The summed E-state index contributed by atoms with van der Waals surface area (Å²) in [6, 6.07) is 0. The Bertz CT molecular complexity index is 409. The molecule has 4 nitrogen and oxygen atoms in total. The third-order valence-electron chi connectivity index (χ3n) is 5.73. The van der Waals surface area contributed by atoms with Crippen LogP contribution in [0.25, 0.3) is 0 Å². The molecule has 142 valence electrons. The van der Waals surface area contributed by atoms with E-state index in [0.717, 1.165) is 6.42 Å². The summed E-state index contributed by atoms with van der Waals surface area (Å²) < 4.78 is 26.8. The van der Waals surface area contributed by atoms with Gasteiger partial charge in [0.05, 0.1) is 18.8 Å². The Morgan fingerprint density at radius 3 is 1.71 bits per heavy atom. The van der Waals surface area contributed by atoms with Crippen LogP contribution < -0.4 is 0 Å². The van der Waals surface area contributed by atoms with Gasteiger partial charge in [-0.25, -0.2) is 0 Å². The molecule has 2 rings (SSSR count). The number of rotatable bonds is 4. The van der Waals surface area contributed by atoms with Crippen molar-refractivity contribution in [1.82, 2.24) is 0 Å². The largest absolute Gasteiger partial charge is 0.414 e. The van der Waals surface area contributed by atoms with Crippen molar-refractivity contribution in [2.24, 2.45) is 0 Å². The molecule has 0 aliphatic carbocycles. The Kier molecular flexibility index (Phi) is 6.42. The minimum atomic E-state index is -2.44. The van der Waals surface area contributed by atoms with E-state index in [1.807, 2.05) is 0 Å². The molecule has 0 amide bonds. The molecule has 3 atom stereocenters. The molecule has 0 spiro atoms. The topological polar surface area (TPSA) is 36.9 Å². The number of hydrogen-bond acceptors (Lipinski definition) is 4. The first kappa shape index (κ1) is 20.6. The SMILES string of the molecule is CC1CC2O[Si](C(C)C)(C(C)C)O[Si](C(C)C)(C(C)C)OCC2O1. The van der Waals surface area contributed by atoms with E-state index in [0.29, 0.717) is 28.8 Å². The van der Waals surface area contributed by atoms with Gasteiger partial charge in [0, 0.05) is 6.42 Å². The highest BCUT2D eigenvalue weighted by Gasteiger charge is 2.59. The van der Waals surface area contributed by atoms with E-state index < -0.39 is 17.1 Å². The highest BCUT2D eigenvalue weighted by atomic mass is 28.5. The van der Waals surface area contributed by atoms with E-state index >= 15 is 0 Å². The molecule has 6 heteroatoms. The Balaban J connectivity index is 2.49. The van der Waals surface area contributed by atoms with Crippen LogP contribution in [0.15, 0.2) is 0 Å². The maximum atomic E-state index is 7.13. The third-order valence-corrected chi connectivity index (χ3v) is 16.0. The summed E-state index contributed by atoms with van der Waals surface area (Å²) in [5.41, 5.74) is 1.56. The number of ether oxygens (including phenoxy) is 1. The molecule has 2 aliphatic rings. The van der Waals surface area contributed by atoms with Gasteiger partial charge < -0.3 is 17.7 Å². The molecule has 0 aromatic carbocycles. The van der Waals surface area contributed by atoms with Crippen LogP contribution in [0.1, 0.15) is 68.7 Å². The molecule has 0 N–H and O–H groups in total. The van der Waals surface area contributed by atoms with Gasteiger partial charge in [-0.1, -0.05) is 55.4 Å². The monoisotopic (exact) mass is 374 g/mol. The highest BCUT2D eigenvalue weighted by Crippen LogP contribution is 2.47. The van der Waals surface area contributed by atoms with E-state index in [4.69, 9.17) is 17.7 Å². The summed E-state index contributed by atoms with van der Waals surface area (Å²) in [6.45, 7) is 20.8. The highest BCUT2D eigenvalue weighted by molar-refractivity contribution is 6.83. The van der Waals surface area contributed by atoms with Gasteiger partial charge in [0.2, 0.25) is 0 Å². The first-order valence-electron chi connectivity index (χ1n) is 9.72. The Labute approximate surface area is 151 Å². The molecule has 0 bridgehead atoms. The molecule has 2 aliphatic heterocycles. The lowest BCUT2D eigenvalue weighted by atomic mass is 10.1. The van der Waals surface area contributed by atoms with Crippen molar-refractivity contribution in [1.29, 1.82) is 0 Å². The van der Waals surface area contributed by atoms with Gasteiger partial charge >= 0.3 is 17.1 Å². The molecule has 24 heavy (non-hydrogen) atoms. The lowest BCUT2D eigenvalue weighted by Crippen LogP contribution is -2.65. The van der Waals surface area contributed by atoms with Crippen LogP contribution in [0.4, 0.5) is 0 Å². The van der Waals surface area contributed by atoms with Gasteiger partial charge in [0.15, 0.2) is 0 Å². The summed E-state index contributed by atoms with van der Waals surface area (Å²) in [6.07, 6.45) is 1.35. The summed E-state index contributed by atoms with van der Waals surface area (Å²) in [5, 5.41) is 0. The molecule has 0 radical (unpaired) electrons. The summed E-state index contributed by atoms with van der Waals surface area (Å²) in [4.78, 5) is 0. The van der Waals surface area contributed by atoms with Crippen molar-refractivity contribution in [3.8, 4) is 0 Å². The van der Waals surface area contributed by atoms with Crippen molar-refractivity contribution in [2.75, 3.05) is 6.61 Å². The van der Waals surface area contributed by atoms with Crippen molar-refractivity contribution < 1.29 is 17.7 Å². The van der Waals surface area contributed by atoms with Crippen LogP contribution in [-0.4, -0.2) is 42.0 Å². The van der Waals surface area contributed by atoms with E-state index in [1.54, 1.807) is 0 Å². The zero-order valence-corrected chi connectivity index (χ0v) is 19.1. The van der Waals surface area contributed by atoms with E-state index in [1.165, 1.54) is 0 Å². The second-order valence-corrected chi connectivity index (χ2v) is 17.7. The normalized spacial score (nSPS) is 33.1. The average Bonchev–Trinajstić information content (AvgIpc) is 2.77. The van der Waals surface area contributed by atoms with Crippen molar-refractivity contribution in [2.45, 2.75) is 109 Å². The lowest BCUT2D eigenvalue weighted by molar-refractivity contribution is -0.0344. The van der Waals surface area contributed by atoms with Gasteiger partial charge in [-0.3, -0.25) is 0 Å². The van der Waals surface area contributed by atoms with Crippen LogP contribution in [0, 0.1) is 0 Å². The van der Waals surface area contributed by atoms with Crippen LogP contribution >= 0.6 is 0 Å². The standard InChI is InChI=1S/C18H38O4Si2/c1-12(2)23(13(3)4)19-11-18-17(10-16(9)20-18)21-24(22-23,14(5)6)15(7)8/h12-18H,10-11H2,1-9H3. The maximum Gasteiger partial charge on any atom is 0.335 e. The molecule has 3 unspecified atom stereocenters. The third kappa shape index (κ3) is 3.55. The average molecular weight is 375 g/mol. The summed E-state index contributed by atoms with van der Waals surface area (Å²) in [7, 11) is -4.85. The van der Waals surface area contributed by atoms with Gasteiger partial charge in [0.25, 0.3) is 0 Å². The molecule has 2 heterocycles. The molecular formula is C18H38O4Si2. The lowest BCUT2D eigenvalue weighted by Gasteiger charge is -2.51. The first-order valence-corrected chi connectivity index (χ1v) is 13.7. The van der Waals surface area contributed by atoms with Crippen molar-refractivity contribution in [3.63, 3.8) is 0 Å². The minimum absolute atomic E-state index is 0.0534. The molecular weight excluding hydrogens is 336 g/mol. The number of fused-ring (bicyclic) bond motifs is 1. The fraction of sp³-hybridized carbons (Fsp3) is 1.00. The predicted octanol–water partition coefficient (Wildman–Crippen LogP) is 5.12. The Morgan fingerprint density at radius 1 is 0.750 bits per heavy atom. The predicted molar refractivity (Wildman–Crippen MR) is 103 cm³/mol. The first-order chi connectivity index (χ1) is 11.0. The smallest absolute Gasteiger partial charge is 0.335 e. The fourth-order valence-electron chi connectivity index (χ4n) is 4.35. The van der Waals surface area contributed by atoms with Crippen LogP contribution in [0.5, 0.6) is 0 Å². The van der Waals surface area contributed by atoms with Crippen molar-refractivity contribution >= 4 is 17.1 Å². The second kappa shape index (κ2) is 7.49. The van der Waals surface area contributed by atoms with E-state index in [-0.39, 0.29) is 18.3 Å². The number of hydrogen-bond donors (Lipinski definition) is 0. The fourth-order valence-corrected chi connectivity index (χ4v) is 15.6. The van der Waals surface area contributed by atoms with Gasteiger partial charge in [-0.2, -0.15) is 0 Å². The zero-order chi connectivity index (χ0) is 18.3. The summed E-state index contributed by atoms with van der Waals surface area (Å²) >= 11 is 0. The minimum Gasteiger partial charge on any atom is -0.414 e. The summed E-state index contributed by atoms with van der Waals surface area (Å²) in [5.74, 6) is 0. The van der Waals surface area contributed by atoms with Gasteiger partial charge in [-0.15, -0.1) is 0 Å². The second-order valence-electron chi connectivity index (χ2n) is 8.85. The Hall–Kier alpha value is 0.274. The van der Waals surface area contributed by atoms with Crippen molar-refractivity contribution in [3.05, 3.63) is 0 Å². The molecule has 2 saturated heterocycles. The van der Waals surface area contributed by atoms with Gasteiger partial charge in [0.1, 0.15) is 6.10 Å². The Morgan fingerprint density at radius 2 is 1.25 bits per heavy atom. The molecule has 2 fully saturated rings. The molecule has 0 aromatic rings. The van der Waals surface area contributed by atoms with E-state index in [9.17, 15) is 0 Å².